The van der Waals surface area contributed by atoms with Crippen LogP contribution in [0.2, 0.25) is 0 Å². The van der Waals surface area contributed by atoms with Crippen molar-refractivity contribution in [3.05, 3.63) is 71.6 Å². The van der Waals surface area contributed by atoms with Gasteiger partial charge in [-0.1, -0.05) is 42.5 Å². The van der Waals surface area contributed by atoms with Gasteiger partial charge in [-0.05, 0) is 31.2 Å². The number of rotatable bonds is 5. The Bertz CT molecular complexity index is 675. The van der Waals surface area contributed by atoms with Gasteiger partial charge in [0, 0.05) is 10.6 Å². The Kier molecular flexibility index (Phi) is 5.04. The van der Waals surface area contributed by atoms with E-state index in [0.29, 0.717) is 15.6 Å². The number of hydrogen-bond donors (Lipinski definition) is 0. The van der Waals surface area contributed by atoms with Crippen LogP contribution in [0.3, 0.4) is 0 Å². The van der Waals surface area contributed by atoms with Gasteiger partial charge in [-0.15, -0.1) is 11.8 Å². The quantitative estimate of drug-likeness (QED) is 0.778. The zero-order valence-electron chi connectivity index (χ0n) is 11.2. The summed E-state index contributed by atoms with van der Waals surface area (Å²) < 4.78 is 25.0. The highest BCUT2D eigenvalue weighted by Crippen LogP contribution is 2.26. The average Bonchev–Trinajstić information content (AvgIpc) is 2.49. The predicted molar refractivity (Wildman–Crippen MR) is 84.6 cm³/mol. The van der Waals surface area contributed by atoms with Crippen molar-refractivity contribution in [2.45, 2.75) is 16.7 Å². The molecular formula is C16H16O2S2. The average molecular weight is 304 g/mol. The minimum atomic E-state index is -3.38. The molecule has 0 radical (unpaired) electrons. The number of thioether (sulfide) groups is 1. The van der Waals surface area contributed by atoms with E-state index in [4.69, 9.17) is 0 Å². The molecule has 0 aliphatic rings. The summed E-state index contributed by atoms with van der Waals surface area (Å²) >= 11 is 1.53. The summed E-state index contributed by atoms with van der Waals surface area (Å²) in [6.07, 6.45) is 1.68. The zero-order chi connectivity index (χ0) is 14.4. The summed E-state index contributed by atoms with van der Waals surface area (Å²) in [5, 5.41) is 0. The Morgan fingerprint density at radius 1 is 1.00 bits per heavy atom. The Hall–Kier alpha value is -1.52. The van der Waals surface area contributed by atoms with Gasteiger partial charge in [0.05, 0.1) is 9.80 Å². The van der Waals surface area contributed by atoms with Crippen molar-refractivity contribution in [2.75, 3.05) is 5.75 Å². The third-order valence-corrected chi connectivity index (χ3v) is 6.05. The maximum atomic E-state index is 12.5. The SMILES string of the molecule is C/C=C(\CSc1ccccc1)S(=O)(=O)c1ccccc1. The van der Waals surface area contributed by atoms with Gasteiger partial charge in [-0.3, -0.25) is 0 Å². The Labute approximate surface area is 124 Å². The molecule has 0 saturated carbocycles. The summed E-state index contributed by atoms with van der Waals surface area (Å²) in [7, 11) is -3.38. The molecule has 0 aromatic heterocycles. The molecule has 2 rings (SSSR count). The van der Waals surface area contributed by atoms with Gasteiger partial charge in [0.1, 0.15) is 0 Å². The highest BCUT2D eigenvalue weighted by Gasteiger charge is 2.19. The highest BCUT2D eigenvalue weighted by molar-refractivity contribution is 8.02. The third kappa shape index (κ3) is 3.52. The van der Waals surface area contributed by atoms with Crippen molar-refractivity contribution < 1.29 is 8.42 Å². The van der Waals surface area contributed by atoms with Crippen LogP contribution in [0.25, 0.3) is 0 Å². The van der Waals surface area contributed by atoms with E-state index >= 15 is 0 Å². The molecule has 0 bridgehead atoms. The van der Waals surface area contributed by atoms with Crippen molar-refractivity contribution in [1.82, 2.24) is 0 Å². The first-order chi connectivity index (χ1) is 9.64. The monoisotopic (exact) mass is 304 g/mol. The summed E-state index contributed by atoms with van der Waals surface area (Å²) in [6, 6.07) is 18.4. The van der Waals surface area contributed by atoms with E-state index in [1.165, 1.54) is 11.8 Å². The van der Waals surface area contributed by atoms with Gasteiger partial charge in [0.15, 0.2) is 0 Å². The molecule has 0 spiro atoms. The maximum Gasteiger partial charge on any atom is 0.203 e. The first-order valence-electron chi connectivity index (χ1n) is 6.28. The molecule has 20 heavy (non-hydrogen) atoms. The van der Waals surface area contributed by atoms with Crippen LogP contribution in [0.4, 0.5) is 0 Å². The number of sulfone groups is 1. The summed E-state index contributed by atoms with van der Waals surface area (Å²) in [5.74, 6) is 0.442. The van der Waals surface area contributed by atoms with E-state index < -0.39 is 9.84 Å². The van der Waals surface area contributed by atoms with Gasteiger partial charge < -0.3 is 0 Å². The summed E-state index contributed by atoms with van der Waals surface area (Å²) in [6.45, 7) is 1.77. The van der Waals surface area contributed by atoms with E-state index in [-0.39, 0.29) is 0 Å². The molecule has 0 aliphatic heterocycles. The molecule has 0 aliphatic carbocycles. The van der Waals surface area contributed by atoms with Crippen LogP contribution in [0, 0.1) is 0 Å². The molecule has 4 heteroatoms. The van der Waals surface area contributed by atoms with E-state index in [2.05, 4.69) is 0 Å². The van der Waals surface area contributed by atoms with Gasteiger partial charge in [-0.2, -0.15) is 0 Å². The number of allylic oxidation sites excluding steroid dienone is 1. The Morgan fingerprint density at radius 2 is 1.55 bits per heavy atom. The van der Waals surface area contributed by atoms with Crippen molar-refractivity contribution in [3.63, 3.8) is 0 Å². The molecule has 0 atom stereocenters. The Balaban J connectivity index is 2.17. The van der Waals surface area contributed by atoms with E-state index in [9.17, 15) is 8.42 Å². The third-order valence-electron chi connectivity index (χ3n) is 2.84. The minimum Gasteiger partial charge on any atom is -0.219 e. The normalized spacial score (nSPS) is 12.3. The second-order valence-corrected chi connectivity index (χ2v) is 7.22. The number of benzene rings is 2. The van der Waals surface area contributed by atoms with Crippen LogP contribution in [-0.2, 0) is 9.84 Å². The molecule has 104 valence electrons. The van der Waals surface area contributed by atoms with Crippen LogP contribution in [0.15, 0.2) is 81.4 Å². The van der Waals surface area contributed by atoms with E-state index in [1.54, 1.807) is 37.3 Å². The topological polar surface area (TPSA) is 34.1 Å². The summed E-state index contributed by atoms with van der Waals surface area (Å²) in [5.41, 5.74) is 0. The van der Waals surface area contributed by atoms with Gasteiger partial charge >= 0.3 is 0 Å². The van der Waals surface area contributed by atoms with E-state index in [1.807, 2.05) is 36.4 Å². The molecular weight excluding hydrogens is 288 g/mol. The summed E-state index contributed by atoms with van der Waals surface area (Å²) in [4.78, 5) is 1.86. The van der Waals surface area contributed by atoms with Crippen LogP contribution in [0.1, 0.15) is 6.92 Å². The van der Waals surface area contributed by atoms with E-state index in [0.717, 1.165) is 4.90 Å². The molecule has 0 amide bonds. The standard InChI is InChI=1S/C16H16O2S2/c1-2-15(13-19-14-9-5-3-6-10-14)20(17,18)16-11-7-4-8-12-16/h2-12H,13H2,1H3/b15-2+. The highest BCUT2D eigenvalue weighted by atomic mass is 32.2. The lowest BCUT2D eigenvalue weighted by Gasteiger charge is -2.08. The van der Waals surface area contributed by atoms with Gasteiger partial charge in [0.25, 0.3) is 0 Å². The lowest BCUT2D eigenvalue weighted by molar-refractivity contribution is 0.602. The maximum absolute atomic E-state index is 12.5. The first-order valence-corrected chi connectivity index (χ1v) is 8.74. The van der Waals surface area contributed by atoms with Gasteiger partial charge in [-0.25, -0.2) is 8.42 Å². The fourth-order valence-electron chi connectivity index (χ4n) is 1.74. The van der Waals surface area contributed by atoms with Crippen molar-refractivity contribution in [2.24, 2.45) is 0 Å². The minimum absolute atomic E-state index is 0.349. The van der Waals surface area contributed by atoms with Crippen LogP contribution < -0.4 is 0 Å². The molecule has 0 heterocycles. The second kappa shape index (κ2) is 6.77. The van der Waals surface area contributed by atoms with Crippen LogP contribution in [0.5, 0.6) is 0 Å². The smallest absolute Gasteiger partial charge is 0.203 e. The van der Waals surface area contributed by atoms with Crippen LogP contribution in [-0.4, -0.2) is 14.2 Å². The molecule has 0 fully saturated rings. The first kappa shape index (κ1) is 14.9. The molecule has 2 aromatic carbocycles. The number of hydrogen-bond acceptors (Lipinski definition) is 3. The van der Waals surface area contributed by atoms with Crippen molar-refractivity contribution in [1.29, 1.82) is 0 Å². The largest absolute Gasteiger partial charge is 0.219 e. The molecule has 2 aromatic rings. The molecule has 2 nitrogen and oxygen atoms in total. The fourth-order valence-corrected chi connectivity index (χ4v) is 4.49. The Morgan fingerprint density at radius 3 is 2.10 bits per heavy atom. The fraction of sp³-hybridized carbons (Fsp3) is 0.125. The van der Waals surface area contributed by atoms with Crippen LogP contribution >= 0.6 is 11.8 Å². The second-order valence-electron chi connectivity index (χ2n) is 4.17. The molecule has 0 N–H and O–H groups in total. The van der Waals surface area contributed by atoms with Crippen molar-refractivity contribution >= 4 is 21.6 Å². The van der Waals surface area contributed by atoms with Crippen molar-refractivity contribution in [3.8, 4) is 0 Å². The molecule has 0 saturated heterocycles. The predicted octanol–water partition coefficient (Wildman–Crippen LogP) is 4.16. The molecule has 0 unspecified atom stereocenters. The lowest BCUT2D eigenvalue weighted by atomic mass is 10.4. The lowest BCUT2D eigenvalue weighted by Crippen LogP contribution is -2.06. The van der Waals surface area contributed by atoms with Gasteiger partial charge in [0.2, 0.25) is 9.84 Å². The zero-order valence-corrected chi connectivity index (χ0v) is 12.8.